The molecule has 0 spiro atoms. The molecule has 0 heterocycles. The quantitative estimate of drug-likeness (QED) is 0.0648. The molecular weight excluding hydrogens is 466 g/mol. The Morgan fingerprint density at radius 2 is 1.11 bits per heavy atom. The summed E-state index contributed by atoms with van der Waals surface area (Å²) in [4.78, 5) is 11.8. The fourth-order valence-electron chi connectivity index (χ4n) is 4.58. The van der Waals surface area contributed by atoms with E-state index in [1.807, 2.05) is 0 Å². The Morgan fingerprint density at radius 3 is 1.65 bits per heavy atom. The number of rotatable bonds is 27. The molecule has 0 aromatic rings. The van der Waals surface area contributed by atoms with Crippen LogP contribution in [0.15, 0.2) is 0 Å². The first kappa shape index (κ1) is 36.3. The SMILES string of the molecule is C.CCCCCCCCC1CC1CCCCCCCC(=O)OCCOCCOCCOCC[N+](C)(C)C. The largest absolute Gasteiger partial charge is 0.463 e. The number of likely N-dealkylation sites (N-methyl/N-ethyl adjacent to an activating group) is 1. The lowest BCUT2D eigenvalue weighted by Gasteiger charge is -2.23. The zero-order chi connectivity index (χ0) is 26.3. The monoisotopic (exact) mass is 530 g/mol. The van der Waals surface area contributed by atoms with Gasteiger partial charge in [0.15, 0.2) is 0 Å². The van der Waals surface area contributed by atoms with Crippen molar-refractivity contribution in [3.63, 3.8) is 0 Å². The Balaban J connectivity index is 0.0000130. The van der Waals surface area contributed by atoms with Crippen molar-refractivity contribution in [3.05, 3.63) is 0 Å². The van der Waals surface area contributed by atoms with Gasteiger partial charge in [0.1, 0.15) is 13.2 Å². The average Bonchev–Trinajstić information content (AvgIpc) is 3.58. The summed E-state index contributed by atoms with van der Waals surface area (Å²) in [6, 6.07) is 0. The van der Waals surface area contributed by atoms with Crippen LogP contribution in [0.25, 0.3) is 0 Å². The van der Waals surface area contributed by atoms with Gasteiger partial charge < -0.3 is 23.4 Å². The fraction of sp³-hybridized carbons (Fsp3) is 0.968. The lowest BCUT2D eigenvalue weighted by atomic mass is 10.0. The van der Waals surface area contributed by atoms with Gasteiger partial charge in [-0.2, -0.15) is 0 Å². The summed E-state index contributed by atoms with van der Waals surface area (Å²) in [6.07, 6.45) is 19.4. The predicted octanol–water partition coefficient (Wildman–Crippen LogP) is 7.04. The van der Waals surface area contributed by atoms with Crippen molar-refractivity contribution in [2.24, 2.45) is 11.8 Å². The maximum absolute atomic E-state index is 11.8. The van der Waals surface area contributed by atoms with Gasteiger partial charge >= 0.3 is 5.97 Å². The molecule has 37 heavy (non-hydrogen) atoms. The van der Waals surface area contributed by atoms with Crippen LogP contribution in [0.5, 0.6) is 0 Å². The second-order valence-corrected chi connectivity index (χ2v) is 11.7. The molecule has 0 aliphatic heterocycles. The molecule has 6 heteroatoms. The topological polar surface area (TPSA) is 54.0 Å². The van der Waals surface area contributed by atoms with Crippen LogP contribution in [-0.2, 0) is 23.7 Å². The summed E-state index contributed by atoms with van der Waals surface area (Å²) >= 11 is 0. The van der Waals surface area contributed by atoms with Crippen molar-refractivity contribution in [2.45, 2.75) is 111 Å². The first-order valence-corrected chi connectivity index (χ1v) is 15.1. The van der Waals surface area contributed by atoms with Crippen molar-refractivity contribution in [2.75, 3.05) is 73.9 Å². The first-order chi connectivity index (χ1) is 17.4. The molecule has 0 saturated heterocycles. The van der Waals surface area contributed by atoms with Crippen molar-refractivity contribution in [1.29, 1.82) is 0 Å². The smallest absolute Gasteiger partial charge is 0.305 e. The molecule has 2 unspecified atom stereocenters. The minimum Gasteiger partial charge on any atom is -0.463 e. The molecule has 0 bridgehead atoms. The van der Waals surface area contributed by atoms with E-state index in [9.17, 15) is 4.79 Å². The zero-order valence-corrected chi connectivity index (χ0v) is 24.4. The Morgan fingerprint density at radius 1 is 0.649 bits per heavy atom. The fourth-order valence-corrected chi connectivity index (χ4v) is 4.58. The first-order valence-electron chi connectivity index (χ1n) is 15.1. The van der Waals surface area contributed by atoms with Crippen molar-refractivity contribution >= 4 is 5.97 Å². The van der Waals surface area contributed by atoms with Crippen LogP contribution >= 0.6 is 0 Å². The maximum atomic E-state index is 11.8. The van der Waals surface area contributed by atoms with Crippen LogP contribution in [0.2, 0.25) is 0 Å². The number of nitrogens with zero attached hydrogens (tertiary/aromatic N) is 1. The van der Waals surface area contributed by atoms with E-state index >= 15 is 0 Å². The molecule has 0 aromatic heterocycles. The molecular formula is C31H64NO5+. The van der Waals surface area contributed by atoms with Crippen LogP contribution in [-0.4, -0.2) is 84.4 Å². The molecule has 0 radical (unpaired) electrons. The van der Waals surface area contributed by atoms with Gasteiger partial charge in [0.05, 0.1) is 60.8 Å². The van der Waals surface area contributed by atoms with Gasteiger partial charge in [0.25, 0.3) is 0 Å². The standard InChI is InChI=1S/C30H60NO5.CH4/c1-5-6-7-8-10-13-16-28-27-29(28)17-14-11-9-12-15-18-30(32)36-26-25-35-24-23-34-22-21-33-20-19-31(2,3)4;/h28-29H,5-27H2,1-4H3;1H4/q+1;. The second kappa shape index (κ2) is 24.4. The summed E-state index contributed by atoms with van der Waals surface area (Å²) in [6.45, 7) is 7.01. The summed E-state index contributed by atoms with van der Waals surface area (Å²) in [5.74, 6) is 1.97. The van der Waals surface area contributed by atoms with Crippen LogP contribution in [0.3, 0.4) is 0 Å². The Kier molecular flexibility index (Phi) is 23.9. The highest BCUT2D eigenvalue weighted by Gasteiger charge is 2.34. The van der Waals surface area contributed by atoms with Crippen LogP contribution in [0, 0.1) is 11.8 Å². The molecule has 0 amide bonds. The summed E-state index contributed by atoms with van der Waals surface area (Å²) < 4.78 is 22.6. The van der Waals surface area contributed by atoms with Gasteiger partial charge in [0, 0.05) is 6.42 Å². The van der Waals surface area contributed by atoms with Crippen LogP contribution in [0.4, 0.5) is 0 Å². The van der Waals surface area contributed by atoms with E-state index in [-0.39, 0.29) is 13.4 Å². The molecule has 1 saturated carbocycles. The summed E-state index contributed by atoms with van der Waals surface area (Å²) in [5.41, 5.74) is 0. The van der Waals surface area contributed by atoms with Crippen LogP contribution in [0.1, 0.15) is 111 Å². The van der Waals surface area contributed by atoms with E-state index in [1.54, 1.807) is 0 Å². The molecule has 1 aliphatic rings. The zero-order valence-electron chi connectivity index (χ0n) is 24.4. The van der Waals surface area contributed by atoms with Gasteiger partial charge in [-0.05, 0) is 24.7 Å². The minimum absolute atomic E-state index is 0. The third kappa shape index (κ3) is 25.4. The van der Waals surface area contributed by atoms with Gasteiger partial charge in [-0.25, -0.2) is 0 Å². The number of esters is 1. The Bertz CT molecular complexity index is 508. The van der Waals surface area contributed by atoms with E-state index in [2.05, 4.69) is 28.1 Å². The van der Waals surface area contributed by atoms with Gasteiger partial charge in [-0.15, -0.1) is 0 Å². The van der Waals surface area contributed by atoms with E-state index in [0.717, 1.165) is 42.3 Å². The summed E-state index contributed by atoms with van der Waals surface area (Å²) in [7, 11) is 6.45. The number of ether oxygens (including phenoxy) is 4. The average molecular weight is 531 g/mol. The van der Waals surface area contributed by atoms with Gasteiger partial charge in [0.2, 0.25) is 0 Å². The number of carbonyl (C=O) groups is 1. The highest BCUT2D eigenvalue weighted by molar-refractivity contribution is 5.69. The third-order valence-corrected chi connectivity index (χ3v) is 7.09. The number of hydrogen-bond donors (Lipinski definition) is 0. The Labute approximate surface area is 230 Å². The highest BCUT2D eigenvalue weighted by atomic mass is 16.6. The van der Waals surface area contributed by atoms with Crippen molar-refractivity contribution < 1.29 is 28.2 Å². The number of hydrogen-bond acceptors (Lipinski definition) is 5. The molecule has 2 atom stereocenters. The molecule has 1 aliphatic carbocycles. The minimum atomic E-state index is -0.101. The maximum Gasteiger partial charge on any atom is 0.305 e. The molecule has 0 aromatic carbocycles. The molecule has 6 nitrogen and oxygen atoms in total. The summed E-state index contributed by atoms with van der Waals surface area (Å²) in [5, 5.41) is 0. The van der Waals surface area contributed by atoms with Crippen LogP contribution < -0.4 is 0 Å². The van der Waals surface area contributed by atoms with Gasteiger partial charge in [-0.1, -0.05) is 91.4 Å². The third-order valence-electron chi connectivity index (χ3n) is 7.09. The van der Waals surface area contributed by atoms with Gasteiger partial charge in [-0.3, -0.25) is 4.79 Å². The van der Waals surface area contributed by atoms with E-state index in [4.69, 9.17) is 18.9 Å². The van der Waals surface area contributed by atoms with E-state index < -0.39 is 0 Å². The number of unbranched alkanes of at least 4 members (excludes halogenated alkanes) is 9. The Hall–Kier alpha value is -0.690. The predicted molar refractivity (Wildman–Crippen MR) is 155 cm³/mol. The second-order valence-electron chi connectivity index (χ2n) is 11.7. The highest BCUT2D eigenvalue weighted by Crippen LogP contribution is 2.45. The number of quaternary nitrogens is 1. The van der Waals surface area contributed by atoms with E-state index in [0.29, 0.717) is 46.1 Å². The number of carbonyl (C=O) groups excluding carboxylic acids is 1. The van der Waals surface area contributed by atoms with E-state index in [1.165, 1.54) is 77.0 Å². The molecule has 222 valence electrons. The lowest BCUT2D eigenvalue weighted by molar-refractivity contribution is -0.870. The van der Waals surface area contributed by atoms with Crippen molar-refractivity contribution in [3.8, 4) is 0 Å². The molecule has 1 fully saturated rings. The lowest BCUT2D eigenvalue weighted by Crippen LogP contribution is -2.37. The normalized spacial score (nSPS) is 17.0. The molecule has 0 N–H and O–H groups in total. The van der Waals surface area contributed by atoms with Crippen molar-refractivity contribution in [1.82, 2.24) is 0 Å². The molecule has 1 rings (SSSR count).